The summed E-state index contributed by atoms with van der Waals surface area (Å²) < 4.78 is 19.4. The maximum absolute atomic E-state index is 14.8. The molecule has 0 amide bonds. The lowest BCUT2D eigenvalue weighted by molar-refractivity contribution is 0.470. The zero-order chi connectivity index (χ0) is 53.6. The molecule has 1 N–H and O–H groups in total. The predicted molar refractivity (Wildman–Crippen MR) is 317 cm³/mol. The highest BCUT2D eigenvalue weighted by Crippen LogP contribution is 2.45. The van der Waals surface area contributed by atoms with Crippen LogP contribution in [0.25, 0.3) is 100 Å². The molecule has 3 heterocycles. The molecule has 0 aliphatic heterocycles. The molecule has 5 nitrogen and oxygen atoms in total. The summed E-state index contributed by atoms with van der Waals surface area (Å²) in [6.07, 6.45) is 1.94. The number of nitrogens with zero attached hydrogens (tertiary/aromatic N) is 4. The molecule has 0 radical (unpaired) electrons. The van der Waals surface area contributed by atoms with E-state index in [1.54, 1.807) is 6.07 Å². The van der Waals surface area contributed by atoms with Crippen LogP contribution in [-0.4, -0.2) is 24.2 Å². The Morgan fingerprint density at radius 3 is 1.74 bits per heavy atom. The van der Waals surface area contributed by atoms with Crippen LogP contribution in [0.2, 0.25) is 0 Å². The molecular formula is C70H67FN4O. The Labute approximate surface area is 447 Å². The lowest BCUT2D eigenvalue weighted by Gasteiger charge is -2.27. The molecule has 11 rings (SSSR count). The van der Waals surface area contributed by atoms with Gasteiger partial charge in [-0.2, -0.15) is 0 Å². The van der Waals surface area contributed by atoms with Crippen LogP contribution in [0.3, 0.4) is 0 Å². The van der Waals surface area contributed by atoms with Crippen molar-refractivity contribution in [1.82, 2.24) is 19.1 Å². The molecule has 6 heteroatoms. The van der Waals surface area contributed by atoms with Gasteiger partial charge in [0.05, 0.1) is 39.0 Å². The maximum atomic E-state index is 14.8. The van der Waals surface area contributed by atoms with Gasteiger partial charge in [0, 0.05) is 51.0 Å². The fraction of sp³-hybridized carbons (Fsp3) is 0.229. The van der Waals surface area contributed by atoms with Crippen LogP contribution in [0.5, 0.6) is 5.75 Å². The molecule has 0 aliphatic rings. The summed E-state index contributed by atoms with van der Waals surface area (Å²) in [5, 5.41) is 13.9. The van der Waals surface area contributed by atoms with Gasteiger partial charge in [0.1, 0.15) is 17.4 Å². The molecule has 0 aliphatic carbocycles. The number of fused-ring (bicyclic) bond motifs is 4. The van der Waals surface area contributed by atoms with E-state index in [2.05, 4.69) is 244 Å². The van der Waals surface area contributed by atoms with Crippen LogP contribution in [0.15, 0.2) is 182 Å². The van der Waals surface area contributed by atoms with E-state index in [-0.39, 0.29) is 27.4 Å². The Kier molecular flexibility index (Phi) is 12.1. The van der Waals surface area contributed by atoms with E-state index < -0.39 is 5.82 Å². The third-order valence-corrected chi connectivity index (χ3v) is 15.2. The van der Waals surface area contributed by atoms with Crippen molar-refractivity contribution in [2.45, 2.75) is 105 Å². The number of para-hydroxylation sites is 3. The van der Waals surface area contributed by atoms with E-state index in [1.807, 2.05) is 12.3 Å². The first-order valence-corrected chi connectivity index (χ1v) is 26.5. The molecule has 11 aromatic rings. The van der Waals surface area contributed by atoms with Gasteiger partial charge < -0.3 is 9.67 Å². The third kappa shape index (κ3) is 9.08. The van der Waals surface area contributed by atoms with Gasteiger partial charge in [-0.25, -0.2) is 9.37 Å². The molecule has 0 spiro atoms. The van der Waals surface area contributed by atoms with Crippen LogP contribution < -0.4 is 0 Å². The highest BCUT2D eigenvalue weighted by atomic mass is 19.1. The predicted octanol–water partition coefficient (Wildman–Crippen LogP) is 18.9. The van der Waals surface area contributed by atoms with E-state index in [0.29, 0.717) is 11.4 Å². The van der Waals surface area contributed by atoms with Crippen molar-refractivity contribution < 1.29 is 9.50 Å². The minimum Gasteiger partial charge on any atom is -0.507 e. The average Bonchev–Trinajstić information content (AvgIpc) is 4.05. The van der Waals surface area contributed by atoms with Gasteiger partial charge in [-0.3, -0.25) is 9.55 Å². The van der Waals surface area contributed by atoms with Gasteiger partial charge in [0.25, 0.3) is 0 Å². The minimum atomic E-state index is -0.520. The lowest BCUT2D eigenvalue weighted by Crippen LogP contribution is -2.17. The van der Waals surface area contributed by atoms with Crippen molar-refractivity contribution in [3.63, 3.8) is 0 Å². The number of hydrogen-bond donors (Lipinski definition) is 1. The summed E-state index contributed by atoms with van der Waals surface area (Å²) in [5.74, 6) is -0.195. The van der Waals surface area contributed by atoms with Crippen LogP contribution in [0.4, 0.5) is 4.39 Å². The van der Waals surface area contributed by atoms with Gasteiger partial charge in [0.15, 0.2) is 0 Å². The molecule has 0 saturated carbocycles. The fourth-order valence-corrected chi connectivity index (χ4v) is 10.7. The number of imidazole rings is 1. The summed E-state index contributed by atoms with van der Waals surface area (Å²) in [6.45, 7) is 27.2. The Morgan fingerprint density at radius 2 is 1.04 bits per heavy atom. The standard InChI is InChI=1S/C70H67FN4O/c1-67(2,3)47-28-31-61(58(41-47)43-20-14-13-15-21-43)75-62-27-19-23-53(64(62)73-66(75)57-30-29-51(71)42-63(57)76)45-34-46(36-48(35-45)68(4,5)6)59-37-44(32-33-72-59)54-24-18-25-56-55-22-16-17-26-60(55)74(65(54)56)52-39-49(69(7,8)9)38-50(40-52)70(10,11)12/h13-42,76H,1-12H3. The largest absolute Gasteiger partial charge is 0.507 e. The maximum Gasteiger partial charge on any atom is 0.149 e. The number of phenols is 1. The van der Waals surface area contributed by atoms with Gasteiger partial charge >= 0.3 is 0 Å². The van der Waals surface area contributed by atoms with Crippen molar-refractivity contribution >= 4 is 32.8 Å². The molecule has 0 unspecified atom stereocenters. The van der Waals surface area contributed by atoms with E-state index in [4.69, 9.17) is 9.97 Å². The summed E-state index contributed by atoms with van der Waals surface area (Å²) >= 11 is 0. The summed E-state index contributed by atoms with van der Waals surface area (Å²) in [4.78, 5) is 10.6. The Bertz CT molecular complexity index is 4020. The molecule has 8 aromatic carbocycles. The van der Waals surface area contributed by atoms with E-state index in [0.717, 1.165) is 84.2 Å². The number of rotatable bonds is 7. The van der Waals surface area contributed by atoms with E-state index >= 15 is 0 Å². The third-order valence-electron chi connectivity index (χ3n) is 15.2. The first-order valence-electron chi connectivity index (χ1n) is 26.5. The second kappa shape index (κ2) is 18.3. The number of aromatic hydroxyl groups is 1. The SMILES string of the molecule is CC(C)(C)c1cc(-c2cc(-c3cccc4c5ccccc5n(-c5cc(C(C)(C)C)cc(C(C)(C)C)c5)c34)ccn2)cc(-c2cccc3c2nc(-c2ccc(F)cc2O)n3-c2ccc(C(C)(C)C)cc2-c2ccccc2)c1. The topological polar surface area (TPSA) is 55.9 Å². The first-order chi connectivity index (χ1) is 36.0. The molecular weight excluding hydrogens is 932 g/mol. The van der Waals surface area contributed by atoms with Gasteiger partial charge in [-0.1, -0.05) is 180 Å². The number of halogens is 1. The van der Waals surface area contributed by atoms with Crippen LogP contribution in [-0.2, 0) is 21.7 Å². The normalized spacial score (nSPS) is 12.6. The Hall–Kier alpha value is -8.09. The number of benzene rings is 8. The van der Waals surface area contributed by atoms with Crippen LogP contribution in [0, 0.1) is 5.82 Å². The van der Waals surface area contributed by atoms with Crippen molar-refractivity contribution in [1.29, 1.82) is 0 Å². The molecule has 0 fully saturated rings. The zero-order valence-corrected chi connectivity index (χ0v) is 45.9. The summed E-state index contributed by atoms with van der Waals surface area (Å²) in [5.41, 5.74) is 18.9. The number of aromatic nitrogens is 4. The fourth-order valence-electron chi connectivity index (χ4n) is 10.7. The Balaban J connectivity index is 1.12. The summed E-state index contributed by atoms with van der Waals surface area (Å²) in [7, 11) is 0. The molecule has 0 atom stereocenters. The second-order valence-corrected chi connectivity index (χ2v) is 24.8. The number of pyridine rings is 1. The van der Waals surface area contributed by atoms with Crippen LogP contribution in [0.1, 0.15) is 105 Å². The Morgan fingerprint density at radius 1 is 0.421 bits per heavy atom. The van der Waals surface area contributed by atoms with Crippen LogP contribution >= 0.6 is 0 Å². The van der Waals surface area contributed by atoms with Gasteiger partial charge in [-0.15, -0.1) is 0 Å². The first kappa shape index (κ1) is 50.1. The van der Waals surface area contributed by atoms with Gasteiger partial charge in [0.2, 0.25) is 0 Å². The molecule has 76 heavy (non-hydrogen) atoms. The second-order valence-electron chi connectivity index (χ2n) is 24.8. The highest BCUT2D eigenvalue weighted by molar-refractivity contribution is 6.14. The van der Waals surface area contributed by atoms with Crippen molar-refractivity contribution in [3.8, 4) is 73.2 Å². The number of hydrogen-bond acceptors (Lipinski definition) is 3. The molecule has 380 valence electrons. The van der Waals surface area contributed by atoms with Gasteiger partial charge in [-0.05, 0) is 133 Å². The molecule has 0 saturated heterocycles. The smallest absolute Gasteiger partial charge is 0.149 e. The molecule has 3 aromatic heterocycles. The minimum absolute atomic E-state index is 0.0538. The number of phenolic OH excluding ortho intramolecular Hbond substituents is 1. The lowest BCUT2D eigenvalue weighted by atomic mass is 9.80. The van der Waals surface area contributed by atoms with E-state index in [9.17, 15) is 9.50 Å². The summed E-state index contributed by atoms with van der Waals surface area (Å²) in [6, 6.07) is 61.3. The highest BCUT2D eigenvalue weighted by Gasteiger charge is 2.27. The monoisotopic (exact) mass is 999 g/mol. The quantitative estimate of drug-likeness (QED) is 0.173. The zero-order valence-electron chi connectivity index (χ0n) is 45.9. The molecule has 0 bridgehead atoms. The van der Waals surface area contributed by atoms with Crippen molar-refractivity contribution in [3.05, 3.63) is 210 Å². The van der Waals surface area contributed by atoms with Crippen molar-refractivity contribution in [2.75, 3.05) is 0 Å². The average molecular weight is 999 g/mol. The van der Waals surface area contributed by atoms with E-state index in [1.165, 1.54) is 39.0 Å². The van der Waals surface area contributed by atoms with Crippen molar-refractivity contribution in [2.24, 2.45) is 0 Å².